The fourth-order valence-electron chi connectivity index (χ4n) is 3.49. The minimum absolute atomic E-state index is 0.0305. The van der Waals surface area contributed by atoms with Crippen LogP contribution in [0.2, 0.25) is 0 Å². The van der Waals surface area contributed by atoms with E-state index in [1.54, 1.807) is 0 Å². The van der Waals surface area contributed by atoms with Gasteiger partial charge in [-0.3, -0.25) is 9.69 Å². The van der Waals surface area contributed by atoms with Crippen LogP contribution in [0.25, 0.3) is 11.1 Å². The summed E-state index contributed by atoms with van der Waals surface area (Å²) in [5, 5.41) is 9.04. The van der Waals surface area contributed by atoms with Crippen molar-refractivity contribution in [3.63, 3.8) is 0 Å². The van der Waals surface area contributed by atoms with Gasteiger partial charge in [0, 0.05) is 12.5 Å². The van der Waals surface area contributed by atoms with E-state index in [1.165, 1.54) is 4.90 Å². The standard InChI is InChI=1S/C21H23NO4/c1-14(2)11-22(12-20(23)24)21(25)26-13-19-17-9-5-3-7-15(17)16-8-4-6-10-18(16)19/h3-10,14,19H,11-13H2,1-2H3,(H,23,24). The number of hydrogen-bond donors (Lipinski definition) is 1. The molecule has 5 heteroatoms. The second-order valence-electron chi connectivity index (χ2n) is 6.97. The Labute approximate surface area is 153 Å². The fourth-order valence-corrected chi connectivity index (χ4v) is 3.49. The average Bonchev–Trinajstić information content (AvgIpc) is 2.92. The number of aliphatic carboxylic acids is 1. The van der Waals surface area contributed by atoms with Gasteiger partial charge in [-0.1, -0.05) is 62.4 Å². The minimum atomic E-state index is -1.04. The molecule has 0 aliphatic heterocycles. The molecule has 0 saturated carbocycles. The van der Waals surface area contributed by atoms with Gasteiger partial charge in [0.2, 0.25) is 0 Å². The summed E-state index contributed by atoms with van der Waals surface area (Å²) in [5.41, 5.74) is 4.59. The number of ether oxygens (including phenoxy) is 1. The number of amides is 1. The maximum atomic E-state index is 12.4. The second kappa shape index (κ2) is 7.60. The van der Waals surface area contributed by atoms with E-state index in [-0.39, 0.29) is 25.0 Å². The molecule has 2 aromatic carbocycles. The van der Waals surface area contributed by atoms with E-state index in [0.717, 1.165) is 22.3 Å². The van der Waals surface area contributed by atoms with Crippen LogP contribution in [-0.4, -0.2) is 41.8 Å². The summed E-state index contributed by atoms with van der Waals surface area (Å²) in [6.07, 6.45) is -0.581. The number of carbonyl (C=O) groups excluding carboxylic acids is 1. The van der Waals surface area contributed by atoms with E-state index in [0.29, 0.717) is 6.54 Å². The average molecular weight is 353 g/mol. The number of hydrogen-bond acceptors (Lipinski definition) is 3. The van der Waals surface area contributed by atoms with Crippen LogP contribution in [0.4, 0.5) is 4.79 Å². The molecule has 0 saturated heterocycles. The molecule has 0 aromatic heterocycles. The summed E-state index contributed by atoms with van der Waals surface area (Å²) >= 11 is 0. The zero-order valence-corrected chi connectivity index (χ0v) is 15.0. The highest BCUT2D eigenvalue weighted by Gasteiger charge is 2.30. The molecule has 1 N–H and O–H groups in total. The van der Waals surface area contributed by atoms with Crippen LogP contribution in [0.5, 0.6) is 0 Å². The van der Waals surface area contributed by atoms with E-state index < -0.39 is 12.1 Å². The monoisotopic (exact) mass is 353 g/mol. The van der Waals surface area contributed by atoms with Crippen molar-refractivity contribution in [3.8, 4) is 11.1 Å². The predicted octanol–water partition coefficient (Wildman–Crippen LogP) is 3.98. The van der Waals surface area contributed by atoms with Gasteiger partial charge in [0.05, 0.1) is 0 Å². The third-order valence-electron chi connectivity index (χ3n) is 4.51. The lowest BCUT2D eigenvalue weighted by atomic mass is 9.98. The Morgan fingerprint density at radius 1 is 1.04 bits per heavy atom. The van der Waals surface area contributed by atoms with Crippen LogP contribution in [0.1, 0.15) is 30.9 Å². The van der Waals surface area contributed by atoms with Crippen molar-refractivity contribution in [2.24, 2.45) is 5.92 Å². The second-order valence-corrected chi connectivity index (χ2v) is 6.97. The van der Waals surface area contributed by atoms with Gasteiger partial charge >= 0.3 is 12.1 Å². The SMILES string of the molecule is CC(C)CN(CC(=O)O)C(=O)OCC1c2ccccc2-c2ccccc21. The minimum Gasteiger partial charge on any atom is -0.480 e. The van der Waals surface area contributed by atoms with Gasteiger partial charge in [-0.05, 0) is 28.2 Å². The smallest absolute Gasteiger partial charge is 0.410 e. The van der Waals surface area contributed by atoms with E-state index in [1.807, 2.05) is 38.1 Å². The summed E-state index contributed by atoms with van der Waals surface area (Å²) in [5.74, 6) is -0.911. The first-order chi connectivity index (χ1) is 12.5. The lowest BCUT2D eigenvalue weighted by Crippen LogP contribution is -2.39. The van der Waals surface area contributed by atoms with E-state index in [4.69, 9.17) is 9.84 Å². The van der Waals surface area contributed by atoms with Crippen LogP contribution in [0, 0.1) is 5.92 Å². The molecule has 0 radical (unpaired) electrons. The Hall–Kier alpha value is -2.82. The van der Waals surface area contributed by atoms with Crippen molar-refractivity contribution in [2.45, 2.75) is 19.8 Å². The Morgan fingerprint density at radius 3 is 2.08 bits per heavy atom. The maximum Gasteiger partial charge on any atom is 0.410 e. The molecule has 0 atom stereocenters. The third kappa shape index (κ3) is 3.72. The molecule has 3 rings (SSSR count). The molecule has 1 amide bonds. The quantitative estimate of drug-likeness (QED) is 0.853. The third-order valence-corrected chi connectivity index (χ3v) is 4.51. The summed E-state index contributed by atoms with van der Waals surface area (Å²) in [7, 11) is 0. The Balaban J connectivity index is 1.76. The predicted molar refractivity (Wildman–Crippen MR) is 99.1 cm³/mol. The number of benzene rings is 2. The number of carboxylic acids is 1. The summed E-state index contributed by atoms with van der Waals surface area (Å²) < 4.78 is 5.53. The molecule has 1 aliphatic rings. The Morgan fingerprint density at radius 2 is 1.58 bits per heavy atom. The Bertz CT molecular complexity index is 770. The summed E-state index contributed by atoms with van der Waals surface area (Å²) in [4.78, 5) is 24.7. The maximum absolute atomic E-state index is 12.4. The van der Waals surface area contributed by atoms with Gasteiger partial charge in [0.1, 0.15) is 13.2 Å². The van der Waals surface area contributed by atoms with Gasteiger partial charge in [0.15, 0.2) is 0 Å². The fraction of sp³-hybridized carbons (Fsp3) is 0.333. The van der Waals surface area contributed by atoms with Crippen LogP contribution in [0.3, 0.4) is 0 Å². The van der Waals surface area contributed by atoms with Crippen LogP contribution < -0.4 is 0 Å². The number of nitrogens with zero attached hydrogens (tertiary/aromatic N) is 1. The number of carboxylic acid groups (broad SMARTS) is 1. The molecule has 0 heterocycles. The van der Waals surface area contributed by atoms with Gasteiger partial charge in [-0.25, -0.2) is 4.79 Å². The van der Waals surface area contributed by atoms with Crippen molar-refractivity contribution in [1.82, 2.24) is 4.90 Å². The lowest BCUT2D eigenvalue weighted by molar-refractivity contribution is -0.138. The highest BCUT2D eigenvalue weighted by Crippen LogP contribution is 2.44. The topological polar surface area (TPSA) is 66.8 Å². The van der Waals surface area contributed by atoms with Gasteiger partial charge in [0.25, 0.3) is 0 Å². The highest BCUT2D eigenvalue weighted by molar-refractivity contribution is 5.79. The van der Waals surface area contributed by atoms with E-state index in [2.05, 4.69) is 24.3 Å². The lowest BCUT2D eigenvalue weighted by Gasteiger charge is -2.23. The van der Waals surface area contributed by atoms with Crippen LogP contribution >= 0.6 is 0 Å². The molecular formula is C21H23NO4. The van der Waals surface area contributed by atoms with Crippen LogP contribution in [-0.2, 0) is 9.53 Å². The van der Waals surface area contributed by atoms with Crippen molar-refractivity contribution in [1.29, 1.82) is 0 Å². The molecule has 26 heavy (non-hydrogen) atoms. The first kappa shape index (κ1) is 18.0. The number of fused-ring (bicyclic) bond motifs is 3. The molecule has 0 spiro atoms. The van der Waals surface area contributed by atoms with Gasteiger partial charge in [-0.15, -0.1) is 0 Å². The van der Waals surface area contributed by atoms with E-state index >= 15 is 0 Å². The molecule has 0 unspecified atom stereocenters. The van der Waals surface area contributed by atoms with Gasteiger partial charge in [-0.2, -0.15) is 0 Å². The molecular weight excluding hydrogens is 330 g/mol. The van der Waals surface area contributed by atoms with Gasteiger partial charge < -0.3 is 9.84 Å². The zero-order chi connectivity index (χ0) is 18.7. The zero-order valence-electron chi connectivity index (χ0n) is 15.0. The molecule has 136 valence electrons. The molecule has 0 bridgehead atoms. The first-order valence-electron chi connectivity index (χ1n) is 8.79. The largest absolute Gasteiger partial charge is 0.480 e. The number of carbonyl (C=O) groups is 2. The normalized spacial score (nSPS) is 12.6. The first-order valence-corrected chi connectivity index (χ1v) is 8.79. The van der Waals surface area contributed by atoms with Crippen LogP contribution in [0.15, 0.2) is 48.5 Å². The molecule has 0 fully saturated rings. The van der Waals surface area contributed by atoms with Crippen molar-refractivity contribution in [3.05, 3.63) is 59.7 Å². The van der Waals surface area contributed by atoms with Crippen molar-refractivity contribution >= 4 is 12.1 Å². The van der Waals surface area contributed by atoms with Crippen molar-refractivity contribution in [2.75, 3.05) is 19.7 Å². The number of rotatable bonds is 6. The molecule has 2 aromatic rings. The van der Waals surface area contributed by atoms with E-state index in [9.17, 15) is 9.59 Å². The molecule has 1 aliphatic carbocycles. The van der Waals surface area contributed by atoms with Crippen molar-refractivity contribution < 1.29 is 19.4 Å². The summed E-state index contributed by atoms with van der Waals surface area (Å²) in [6.45, 7) is 4.07. The Kier molecular flexibility index (Phi) is 5.26. The summed E-state index contributed by atoms with van der Waals surface area (Å²) in [6, 6.07) is 16.2. The highest BCUT2D eigenvalue weighted by atomic mass is 16.6. The molecule has 5 nitrogen and oxygen atoms in total.